The molecule has 4 atom stereocenters. The summed E-state index contributed by atoms with van der Waals surface area (Å²) in [6.07, 6.45) is -6.40. The maximum absolute atomic E-state index is 12.7. The number of amides is 1. The predicted molar refractivity (Wildman–Crippen MR) is 101 cm³/mol. The number of alkyl halides is 3. The van der Waals surface area contributed by atoms with Crippen LogP contribution in [-0.4, -0.2) is 84.6 Å². The van der Waals surface area contributed by atoms with Crippen molar-refractivity contribution in [1.29, 1.82) is 0 Å². The molecule has 4 rings (SSSR count). The normalized spacial score (nSPS) is 31.2. The molecule has 0 unspecified atom stereocenters. The van der Waals surface area contributed by atoms with Crippen LogP contribution in [0.25, 0.3) is 0 Å². The molecule has 0 saturated carbocycles. The van der Waals surface area contributed by atoms with Gasteiger partial charge in [-0.15, -0.1) is 0 Å². The van der Waals surface area contributed by atoms with Crippen LogP contribution in [0.2, 0.25) is 0 Å². The molecule has 1 spiro atoms. The summed E-state index contributed by atoms with van der Waals surface area (Å²) in [7, 11) is 0. The lowest BCUT2D eigenvalue weighted by molar-refractivity contribution is -0.174. The van der Waals surface area contributed by atoms with Crippen molar-refractivity contribution in [3.8, 4) is 0 Å². The highest BCUT2D eigenvalue weighted by Crippen LogP contribution is 2.49. The van der Waals surface area contributed by atoms with Gasteiger partial charge >= 0.3 is 6.18 Å². The number of aliphatic hydroxyl groups is 1. The maximum atomic E-state index is 12.7. The summed E-state index contributed by atoms with van der Waals surface area (Å²) in [6, 6.07) is 9.85. The number of morpholine rings is 1. The molecule has 3 saturated heterocycles. The number of fused-ring (bicyclic) bond motifs is 1. The molecule has 2 bridgehead atoms. The van der Waals surface area contributed by atoms with E-state index in [1.54, 1.807) is 0 Å². The first-order chi connectivity index (χ1) is 14.3. The number of aliphatic hydroxyl groups excluding tert-OH is 1. The van der Waals surface area contributed by atoms with Gasteiger partial charge in [-0.1, -0.05) is 30.3 Å². The quantitative estimate of drug-likeness (QED) is 0.670. The highest BCUT2D eigenvalue weighted by atomic mass is 19.4. The summed E-state index contributed by atoms with van der Waals surface area (Å²) in [4.78, 5) is 15.6. The van der Waals surface area contributed by atoms with E-state index >= 15 is 0 Å². The van der Waals surface area contributed by atoms with Crippen LogP contribution in [0.4, 0.5) is 13.2 Å². The second kappa shape index (κ2) is 8.45. The molecule has 1 N–H and O–H groups in total. The van der Waals surface area contributed by atoms with Crippen LogP contribution < -0.4 is 0 Å². The fourth-order valence-electron chi connectivity index (χ4n) is 5.13. The van der Waals surface area contributed by atoms with Crippen LogP contribution in [0.5, 0.6) is 0 Å². The van der Waals surface area contributed by atoms with Crippen molar-refractivity contribution in [2.75, 3.05) is 45.9 Å². The van der Waals surface area contributed by atoms with Crippen LogP contribution in [0.3, 0.4) is 0 Å². The van der Waals surface area contributed by atoms with Gasteiger partial charge < -0.3 is 19.5 Å². The third kappa shape index (κ3) is 4.49. The summed E-state index contributed by atoms with van der Waals surface area (Å²) in [5.74, 6) is -1.11. The molecule has 0 radical (unpaired) electrons. The van der Waals surface area contributed by atoms with Gasteiger partial charge in [0.15, 0.2) is 0 Å². The van der Waals surface area contributed by atoms with E-state index in [2.05, 4.69) is 4.90 Å². The van der Waals surface area contributed by atoms with E-state index < -0.39 is 30.2 Å². The van der Waals surface area contributed by atoms with Gasteiger partial charge in [0.25, 0.3) is 0 Å². The van der Waals surface area contributed by atoms with E-state index in [0.29, 0.717) is 32.8 Å². The molecule has 3 aliphatic rings. The van der Waals surface area contributed by atoms with E-state index in [9.17, 15) is 23.1 Å². The lowest BCUT2D eigenvalue weighted by atomic mass is 9.83. The van der Waals surface area contributed by atoms with Gasteiger partial charge in [-0.05, 0) is 5.56 Å². The zero-order valence-electron chi connectivity index (χ0n) is 16.7. The Morgan fingerprint density at radius 2 is 2.00 bits per heavy atom. The van der Waals surface area contributed by atoms with Gasteiger partial charge in [-0.2, -0.15) is 13.2 Å². The first-order valence-corrected chi connectivity index (χ1v) is 10.3. The fourth-order valence-corrected chi connectivity index (χ4v) is 5.13. The van der Waals surface area contributed by atoms with Gasteiger partial charge in [-0.25, -0.2) is 0 Å². The van der Waals surface area contributed by atoms with Crippen molar-refractivity contribution < 1.29 is 32.5 Å². The Kier molecular flexibility index (Phi) is 6.07. The predicted octanol–water partition coefficient (Wildman–Crippen LogP) is 1.68. The molecule has 1 aromatic rings. The van der Waals surface area contributed by atoms with Crippen molar-refractivity contribution in [2.24, 2.45) is 11.8 Å². The Balaban J connectivity index is 1.35. The molecule has 6 nitrogen and oxygen atoms in total. The number of halogens is 3. The molecule has 0 aliphatic carbocycles. The Bertz CT molecular complexity index is 748. The Morgan fingerprint density at radius 1 is 1.23 bits per heavy atom. The number of benzene rings is 1. The molecule has 3 heterocycles. The number of nitrogens with zero attached hydrogens (tertiary/aromatic N) is 2. The van der Waals surface area contributed by atoms with Crippen molar-refractivity contribution in [1.82, 2.24) is 9.80 Å². The molecule has 166 valence electrons. The zero-order chi connectivity index (χ0) is 21.4. The molecule has 3 aliphatic heterocycles. The number of likely N-dealkylation sites (tertiary alicyclic amines) is 2. The Labute approximate surface area is 173 Å². The summed E-state index contributed by atoms with van der Waals surface area (Å²) in [5, 5.41) is 9.89. The Morgan fingerprint density at radius 3 is 2.70 bits per heavy atom. The smallest absolute Gasteiger partial charge is 0.396 e. The molecular weight excluding hydrogens is 401 g/mol. The second-order valence-electron chi connectivity index (χ2n) is 8.51. The minimum absolute atomic E-state index is 0.00897. The molecule has 30 heavy (non-hydrogen) atoms. The third-order valence-electron chi connectivity index (χ3n) is 6.44. The van der Waals surface area contributed by atoms with Crippen molar-refractivity contribution >= 4 is 5.91 Å². The second-order valence-corrected chi connectivity index (χ2v) is 8.51. The van der Waals surface area contributed by atoms with E-state index in [1.165, 1.54) is 4.90 Å². The number of carbonyl (C=O) groups is 1. The highest BCUT2D eigenvalue weighted by molar-refractivity contribution is 5.77. The minimum Gasteiger partial charge on any atom is -0.396 e. The molecule has 9 heteroatoms. The number of rotatable bonds is 7. The zero-order valence-corrected chi connectivity index (χ0v) is 16.7. The summed E-state index contributed by atoms with van der Waals surface area (Å²) in [6.45, 7) is 3.04. The lowest BCUT2D eigenvalue weighted by Crippen LogP contribution is -2.56. The van der Waals surface area contributed by atoms with Crippen molar-refractivity contribution in [2.45, 2.75) is 30.9 Å². The van der Waals surface area contributed by atoms with Gasteiger partial charge in [0.1, 0.15) is 12.0 Å². The standard InChI is InChI=1S/C21H27F3N2O4/c22-21(23,24)8-19(28)26-10-18-16(11-27)17-9-25(13-20(17,14-26)30-18)6-7-29-12-15-4-2-1-3-5-15/h1-5,16-18,27H,6-14H2/t16-,17+,18+,20-/m0/s1. The lowest BCUT2D eigenvalue weighted by Gasteiger charge is -2.40. The van der Waals surface area contributed by atoms with E-state index in [4.69, 9.17) is 9.47 Å². The molecule has 3 fully saturated rings. The first-order valence-electron chi connectivity index (χ1n) is 10.3. The highest BCUT2D eigenvalue weighted by Gasteiger charge is 2.62. The largest absolute Gasteiger partial charge is 0.397 e. The fraction of sp³-hybridized carbons (Fsp3) is 0.667. The summed E-state index contributed by atoms with van der Waals surface area (Å²) in [5.41, 5.74) is 0.379. The number of ether oxygens (including phenoxy) is 2. The first kappa shape index (κ1) is 21.5. The number of carbonyl (C=O) groups excluding carboxylic acids is 1. The van der Waals surface area contributed by atoms with E-state index in [1.807, 2.05) is 30.3 Å². The molecule has 1 aromatic carbocycles. The maximum Gasteiger partial charge on any atom is 0.397 e. The third-order valence-corrected chi connectivity index (χ3v) is 6.44. The SMILES string of the molecule is O=C(CC(F)(F)F)N1C[C@H]2O[C@@]3(CN(CCOCc4ccccc4)C[C@@H]3[C@@H]2CO)C1. The number of hydrogen-bond donors (Lipinski definition) is 1. The topological polar surface area (TPSA) is 62.2 Å². The molecule has 0 aromatic heterocycles. The van der Waals surface area contributed by atoms with Crippen LogP contribution in [0.1, 0.15) is 12.0 Å². The van der Waals surface area contributed by atoms with Crippen molar-refractivity contribution in [3.05, 3.63) is 35.9 Å². The summed E-state index contributed by atoms with van der Waals surface area (Å²) < 4.78 is 50.1. The number of hydrogen-bond acceptors (Lipinski definition) is 5. The van der Waals surface area contributed by atoms with E-state index in [0.717, 1.165) is 5.56 Å². The average molecular weight is 428 g/mol. The average Bonchev–Trinajstić information content (AvgIpc) is 3.11. The van der Waals surface area contributed by atoms with Gasteiger partial charge in [0.2, 0.25) is 5.91 Å². The van der Waals surface area contributed by atoms with Gasteiger partial charge in [-0.3, -0.25) is 9.69 Å². The van der Waals surface area contributed by atoms with Crippen LogP contribution in [0.15, 0.2) is 30.3 Å². The van der Waals surface area contributed by atoms with E-state index in [-0.39, 0.29) is 31.5 Å². The van der Waals surface area contributed by atoms with Crippen LogP contribution in [0, 0.1) is 11.8 Å². The van der Waals surface area contributed by atoms with Crippen molar-refractivity contribution in [3.63, 3.8) is 0 Å². The summed E-state index contributed by atoms with van der Waals surface area (Å²) >= 11 is 0. The van der Waals surface area contributed by atoms with Gasteiger partial charge in [0, 0.05) is 44.6 Å². The Hall–Kier alpha value is -1.68. The molecule has 1 amide bonds. The minimum atomic E-state index is -4.53. The monoisotopic (exact) mass is 428 g/mol. The van der Waals surface area contributed by atoms with Crippen LogP contribution in [-0.2, 0) is 20.9 Å². The van der Waals surface area contributed by atoms with Crippen LogP contribution >= 0.6 is 0 Å². The molecular formula is C21H27F3N2O4. The van der Waals surface area contributed by atoms with Gasteiger partial charge in [0.05, 0.1) is 25.9 Å².